The fourth-order valence-electron chi connectivity index (χ4n) is 3.82. The zero-order valence-electron chi connectivity index (χ0n) is 18.1. The molecule has 31 heavy (non-hydrogen) atoms. The molecule has 2 N–H and O–H groups in total. The van der Waals surface area contributed by atoms with Gasteiger partial charge in [0.25, 0.3) is 0 Å². The van der Waals surface area contributed by atoms with Crippen molar-refractivity contribution >= 4 is 24.2 Å². The van der Waals surface area contributed by atoms with Gasteiger partial charge in [0.15, 0.2) is 0 Å². The standard InChI is InChI=1S/C28H29N2P/c1-22-13-12-14-23(2)27(22)30-28(29-21-24-15-6-3-7-16-24)31(25-17-8-4-9-18-25)26-19-10-5-11-20-26/h3-20,28-30H,21H2,1-2H3. The van der Waals surface area contributed by atoms with Gasteiger partial charge in [0.1, 0.15) is 5.91 Å². The van der Waals surface area contributed by atoms with Crippen LogP contribution in [-0.2, 0) is 6.54 Å². The van der Waals surface area contributed by atoms with Gasteiger partial charge in [0.05, 0.1) is 0 Å². The Morgan fingerprint density at radius 1 is 0.613 bits per heavy atom. The van der Waals surface area contributed by atoms with Crippen LogP contribution >= 0.6 is 7.92 Å². The molecule has 4 aromatic carbocycles. The van der Waals surface area contributed by atoms with Gasteiger partial charge in [-0.3, -0.25) is 5.32 Å². The van der Waals surface area contributed by atoms with Crippen molar-refractivity contribution in [2.45, 2.75) is 26.3 Å². The van der Waals surface area contributed by atoms with E-state index in [2.05, 4.69) is 134 Å². The molecule has 3 heteroatoms. The van der Waals surface area contributed by atoms with Crippen LogP contribution in [0.3, 0.4) is 0 Å². The molecule has 0 radical (unpaired) electrons. The third-order valence-electron chi connectivity index (χ3n) is 5.43. The van der Waals surface area contributed by atoms with Crippen LogP contribution < -0.4 is 21.2 Å². The minimum Gasteiger partial charge on any atom is -0.365 e. The van der Waals surface area contributed by atoms with Crippen LogP contribution in [0.2, 0.25) is 0 Å². The van der Waals surface area contributed by atoms with Crippen molar-refractivity contribution in [3.8, 4) is 0 Å². The Hall–Kier alpha value is -2.93. The number of hydrogen-bond acceptors (Lipinski definition) is 2. The number of benzene rings is 4. The summed E-state index contributed by atoms with van der Waals surface area (Å²) >= 11 is 0. The van der Waals surface area contributed by atoms with Crippen molar-refractivity contribution in [2.75, 3.05) is 5.32 Å². The van der Waals surface area contributed by atoms with Gasteiger partial charge in [-0.25, -0.2) is 0 Å². The summed E-state index contributed by atoms with van der Waals surface area (Å²) in [6.07, 6.45) is 0. The number of hydrogen-bond donors (Lipinski definition) is 2. The summed E-state index contributed by atoms with van der Waals surface area (Å²) in [5.41, 5.74) is 5.03. The van der Waals surface area contributed by atoms with E-state index in [1.165, 1.54) is 33.0 Å². The van der Waals surface area contributed by atoms with E-state index in [1.807, 2.05) is 0 Å². The SMILES string of the molecule is Cc1cccc(C)c1NC(NCc1ccccc1)P(c1ccccc1)c1ccccc1. The summed E-state index contributed by atoms with van der Waals surface area (Å²) in [5.74, 6) is 0.0832. The molecule has 156 valence electrons. The van der Waals surface area contributed by atoms with Gasteiger partial charge in [-0.2, -0.15) is 0 Å². The van der Waals surface area contributed by atoms with Gasteiger partial charge in [-0.15, -0.1) is 0 Å². The number of nitrogens with one attached hydrogen (secondary N) is 2. The van der Waals surface area contributed by atoms with Crippen LogP contribution in [0.25, 0.3) is 0 Å². The van der Waals surface area contributed by atoms with E-state index >= 15 is 0 Å². The molecular formula is C28H29N2P. The van der Waals surface area contributed by atoms with Crippen molar-refractivity contribution in [3.63, 3.8) is 0 Å². The van der Waals surface area contributed by atoms with Crippen LogP contribution in [-0.4, -0.2) is 5.91 Å². The summed E-state index contributed by atoms with van der Waals surface area (Å²) in [6, 6.07) is 38.8. The normalized spacial score (nSPS) is 12.0. The fourth-order valence-corrected chi connectivity index (χ4v) is 6.23. The van der Waals surface area contributed by atoms with Crippen LogP contribution in [0.5, 0.6) is 0 Å². The molecule has 0 aliphatic carbocycles. The highest BCUT2D eigenvalue weighted by atomic mass is 31.1. The van der Waals surface area contributed by atoms with Crippen LogP contribution in [0.15, 0.2) is 109 Å². The predicted octanol–water partition coefficient (Wildman–Crippen LogP) is 5.92. The van der Waals surface area contributed by atoms with E-state index in [1.54, 1.807) is 0 Å². The van der Waals surface area contributed by atoms with Crippen LogP contribution in [0.4, 0.5) is 5.69 Å². The zero-order valence-corrected chi connectivity index (χ0v) is 19.0. The quantitative estimate of drug-likeness (QED) is 0.271. The van der Waals surface area contributed by atoms with Gasteiger partial charge < -0.3 is 5.32 Å². The Labute approximate surface area is 187 Å². The Morgan fingerprint density at radius 3 is 1.61 bits per heavy atom. The summed E-state index contributed by atoms with van der Waals surface area (Å²) in [7, 11) is -0.681. The van der Waals surface area contributed by atoms with Gasteiger partial charge in [0, 0.05) is 12.2 Å². The predicted molar refractivity (Wildman–Crippen MR) is 136 cm³/mol. The summed E-state index contributed by atoms with van der Waals surface area (Å²) in [4.78, 5) is 0. The average Bonchev–Trinajstić information content (AvgIpc) is 2.82. The number of para-hydroxylation sites is 1. The van der Waals surface area contributed by atoms with E-state index < -0.39 is 7.92 Å². The highest BCUT2D eigenvalue weighted by molar-refractivity contribution is 7.73. The zero-order chi connectivity index (χ0) is 21.5. The molecule has 0 amide bonds. The maximum Gasteiger partial charge on any atom is 0.105 e. The smallest absolute Gasteiger partial charge is 0.105 e. The van der Waals surface area contributed by atoms with E-state index in [-0.39, 0.29) is 5.91 Å². The molecule has 0 heterocycles. The highest BCUT2D eigenvalue weighted by Gasteiger charge is 2.25. The van der Waals surface area contributed by atoms with E-state index in [0.29, 0.717) is 0 Å². The third kappa shape index (κ3) is 5.41. The lowest BCUT2D eigenvalue weighted by molar-refractivity contribution is 0.691. The summed E-state index contributed by atoms with van der Waals surface area (Å²) in [6.45, 7) is 5.16. The van der Waals surface area contributed by atoms with Crippen molar-refractivity contribution in [3.05, 3.63) is 126 Å². The summed E-state index contributed by atoms with van der Waals surface area (Å²) in [5, 5.41) is 10.5. The van der Waals surface area contributed by atoms with Crippen molar-refractivity contribution in [1.82, 2.24) is 5.32 Å². The first-order valence-electron chi connectivity index (χ1n) is 10.7. The molecule has 0 saturated carbocycles. The lowest BCUT2D eigenvalue weighted by atomic mass is 10.1. The second kappa shape index (κ2) is 10.4. The molecule has 0 saturated heterocycles. The first kappa shape index (κ1) is 21.3. The average molecular weight is 425 g/mol. The topological polar surface area (TPSA) is 24.1 Å². The lowest BCUT2D eigenvalue weighted by Crippen LogP contribution is -2.40. The van der Waals surface area contributed by atoms with E-state index in [4.69, 9.17) is 0 Å². The van der Waals surface area contributed by atoms with E-state index in [9.17, 15) is 0 Å². The molecule has 2 nitrogen and oxygen atoms in total. The molecule has 0 aromatic heterocycles. The first-order valence-corrected chi connectivity index (χ1v) is 12.1. The van der Waals surface area contributed by atoms with Crippen LogP contribution in [0.1, 0.15) is 16.7 Å². The molecule has 4 rings (SSSR count). The maximum absolute atomic E-state index is 3.90. The fraction of sp³-hybridized carbons (Fsp3) is 0.143. The molecule has 1 atom stereocenters. The minimum absolute atomic E-state index is 0.0832. The maximum atomic E-state index is 3.90. The third-order valence-corrected chi connectivity index (χ3v) is 7.97. The Balaban J connectivity index is 1.74. The van der Waals surface area contributed by atoms with Crippen molar-refractivity contribution in [1.29, 1.82) is 0 Å². The molecule has 0 spiro atoms. The van der Waals surface area contributed by atoms with E-state index in [0.717, 1.165) is 6.54 Å². The molecule has 4 aromatic rings. The van der Waals surface area contributed by atoms with Crippen LogP contribution in [0, 0.1) is 13.8 Å². The second-order valence-corrected chi connectivity index (χ2v) is 10.0. The molecule has 1 unspecified atom stereocenters. The Kier molecular flexibility index (Phi) is 7.14. The largest absolute Gasteiger partial charge is 0.365 e. The van der Waals surface area contributed by atoms with Gasteiger partial charge >= 0.3 is 0 Å². The highest BCUT2D eigenvalue weighted by Crippen LogP contribution is 2.39. The molecule has 0 bridgehead atoms. The second-order valence-electron chi connectivity index (χ2n) is 7.72. The Bertz CT molecular complexity index is 1020. The van der Waals surface area contributed by atoms with Gasteiger partial charge in [-0.05, 0) is 49.1 Å². The minimum atomic E-state index is -0.681. The molecule has 0 aliphatic heterocycles. The number of rotatable bonds is 8. The first-order chi connectivity index (χ1) is 15.2. The lowest BCUT2D eigenvalue weighted by Gasteiger charge is -2.32. The molecule has 0 fully saturated rings. The Morgan fingerprint density at radius 2 is 1.10 bits per heavy atom. The van der Waals surface area contributed by atoms with Gasteiger partial charge in [0.2, 0.25) is 0 Å². The molecule has 0 aliphatic rings. The number of anilines is 1. The monoisotopic (exact) mass is 424 g/mol. The van der Waals surface area contributed by atoms with Crippen molar-refractivity contribution < 1.29 is 0 Å². The molecular weight excluding hydrogens is 395 g/mol. The number of aryl methyl sites for hydroxylation is 2. The van der Waals surface area contributed by atoms with Gasteiger partial charge in [-0.1, -0.05) is 109 Å². The van der Waals surface area contributed by atoms with Crippen molar-refractivity contribution in [2.24, 2.45) is 0 Å². The summed E-state index contributed by atoms with van der Waals surface area (Å²) < 4.78 is 0.